The second kappa shape index (κ2) is 4.84. The molecule has 0 amide bonds. The van der Waals surface area contributed by atoms with E-state index in [1.807, 2.05) is 0 Å². The molecule has 1 aliphatic heterocycles. The van der Waals surface area contributed by atoms with Crippen LogP contribution in [-0.2, 0) is 9.53 Å². The van der Waals surface area contributed by atoms with Crippen LogP contribution in [0.2, 0.25) is 0 Å². The van der Waals surface area contributed by atoms with Gasteiger partial charge in [0, 0.05) is 0 Å². The molecule has 8 nitrogen and oxygen atoms in total. The average molecular weight is 251 g/mol. The SMILES string of the molecule is C[C@@](N)(C(=O)O)[C@@H]1O[C@H](CO)[C@@H](O)[C@@H](O)[C@H]1O. The third kappa shape index (κ3) is 2.41. The van der Waals surface area contributed by atoms with Crippen LogP contribution in [0.5, 0.6) is 0 Å². The molecule has 1 fully saturated rings. The molecule has 1 heterocycles. The summed E-state index contributed by atoms with van der Waals surface area (Å²) in [6, 6.07) is 0. The van der Waals surface area contributed by atoms with Gasteiger partial charge in [0.1, 0.15) is 36.1 Å². The van der Waals surface area contributed by atoms with E-state index in [2.05, 4.69) is 0 Å². The largest absolute Gasteiger partial charge is 0.480 e. The van der Waals surface area contributed by atoms with Crippen LogP contribution in [0.3, 0.4) is 0 Å². The summed E-state index contributed by atoms with van der Waals surface area (Å²) in [5.41, 5.74) is 3.54. The van der Waals surface area contributed by atoms with Gasteiger partial charge in [-0.3, -0.25) is 4.79 Å². The molecular formula is C9H17NO7. The lowest BCUT2D eigenvalue weighted by Gasteiger charge is -2.44. The zero-order chi connectivity index (χ0) is 13.4. The zero-order valence-electron chi connectivity index (χ0n) is 9.22. The van der Waals surface area contributed by atoms with Gasteiger partial charge < -0.3 is 36.0 Å². The Morgan fingerprint density at radius 2 is 1.82 bits per heavy atom. The first-order chi connectivity index (χ1) is 7.73. The minimum Gasteiger partial charge on any atom is -0.480 e. The second-order valence-electron chi connectivity index (χ2n) is 4.34. The molecule has 0 aromatic carbocycles. The van der Waals surface area contributed by atoms with Crippen LogP contribution >= 0.6 is 0 Å². The van der Waals surface area contributed by atoms with Crippen molar-refractivity contribution >= 4 is 5.97 Å². The number of rotatable bonds is 3. The van der Waals surface area contributed by atoms with E-state index in [-0.39, 0.29) is 0 Å². The van der Waals surface area contributed by atoms with Gasteiger partial charge in [-0.15, -0.1) is 0 Å². The van der Waals surface area contributed by atoms with E-state index in [1.165, 1.54) is 0 Å². The molecule has 8 heteroatoms. The van der Waals surface area contributed by atoms with Gasteiger partial charge in [-0.05, 0) is 6.92 Å². The fourth-order valence-electron chi connectivity index (χ4n) is 1.72. The number of aliphatic hydroxyl groups excluding tert-OH is 4. The summed E-state index contributed by atoms with van der Waals surface area (Å²) >= 11 is 0. The van der Waals surface area contributed by atoms with Crippen LogP contribution in [0.15, 0.2) is 0 Å². The number of carboxylic acids is 1. The number of ether oxygens (including phenoxy) is 1. The van der Waals surface area contributed by atoms with Gasteiger partial charge in [0.05, 0.1) is 6.61 Å². The van der Waals surface area contributed by atoms with E-state index in [9.17, 15) is 20.1 Å². The third-order valence-electron chi connectivity index (χ3n) is 2.94. The Labute approximate surface area is 97.2 Å². The Bertz CT molecular complexity index is 293. The Balaban J connectivity index is 2.97. The lowest BCUT2D eigenvalue weighted by atomic mass is 9.84. The second-order valence-corrected chi connectivity index (χ2v) is 4.34. The number of nitrogens with two attached hydrogens (primary N) is 1. The Hall–Kier alpha value is -0.770. The molecule has 6 atom stereocenters. The minimum atomic E-state index is -1.95. The molecule has 0 saturated carbocycles. The van der Waals surface area contributed by atoms with Crippen molar-refractivity contribution in [3.8, 4) is 0 Å². The fourth-order valence-corrected chi connectivity index (χ4v) is 1.72. The highest BCUT2D eigenvalue weighted by atomic mass is 16.5. The molecule has 1 aliphatic rings. The number of carboxylic acid groups (broad SMARTS) is 1. The van der Waals surface area contributed by atoms with Crippen molar-refractivity contribution in [1.29, 1.82) is 0 Å². The quantitative estimate of drug-likeness (QED) is 0.304. The van der Waals surface area contributed by atoms with Crippen molar-refractivity contribution < 1.29 is 35.1 Å². The predicted molar refractivity (Wildman–Crippen MR) is 54.0 cm³/mol. The van der Waals surface area contributed by atoms with E-state index in [4.69, 9.17) is 20.7 Å². The highest BCUT2D eigenvalue weighted by Gasteiger charge is 2.52. The van der Waals surface area contributed by atoms with Crippen molar-refractivity contribution in [2.45, 2.75) is 43.0 Å². The normalized spacial score (nSPS) is 41.9. The van der Waals surface area contributed by atoms with E-state index in [1.54, 1.807) is 0 Å². The number of hydrogen-bond acceptors (Lipinski definition) is 7. The summed E-state index contributed by atoms with van der Waals surface area (Å²) < 4.78 is 5.04. The van der Waals surface area contributed by atoms with Gasteiger partial charge >= 0.3 is 5.97 Å². The molecular weight excluding hydrogens is 234 g/mol. The van der Waals surface area contributed by atoms with Crippen molar-refractivity contribution in [3.63, 3.8) is 0 Å². The van der Waals surface area contributed by atoms with E-state index >= 15 is 0 Å². The fraction of sp³-hybridized carbons (Fsp3) is 0.889. The van der Waals surface area contributed by atoms with Crippen LogP contribution in [0, 0.1) is 0 Å². The van der Waals surface area contributed by atoms with Crippen LogP contribution < -0.4 is 5.73 Å². The van der Waals surface area contributed by atoms with E-state index < -0.39 is 48.6 Å². The molecule has 1 rings (SSSR count). The molecule has 7 N–H and O–H groups in total. The Morgan fingerprint density at radius 1 is 1.29 bits per heavy atom. The topological polar surface area (TPSA) is 153 Å². The van der Waals surface area contributed by atoms with Gasteiger partial charge in [-0.25, -0.2) is 0 Å². The molecule has 0 aromatic heterocycles. The maximum Gasteiger partial charge on any atom is 0.326 e. The number of aliphatic carboxylic acids is 1. The first-order valence-electron chi connectivity index (χ1n) is 5.06. The van der Waals surface area contributed by atoms with Crippen molar-refractivity contribution in [2.75, 3.05) is 6.61 Å². The minimum absolute atomic E-state index is 0.628. The van der Waals surface area contributed by atoms with Gasteiger partial charge in [0.15, 0.2) is 0 Å². The third-order valence-corrected chi connectivity index (χ3v) is 2.94. The highest BCUT2D eigenvalue weighted by Crippen LogP contribution is 2.27. The predicted octanol–water partition coefficient (Wildman–Crippen LogP) is -3.37. The highest BCUT2D eigenvalue weighted by molar-refractivity contribution is 5.79. The zero-order valence-corrected chi connectivity index (χ0v) is 9.22. The first kappa shape index (κ1) is 14.3. The molecule has 1 saturated heterocycles. The monoisotopic (exact) mass is 251 g/mol. The van der Waals surface area contributed by atoms with Crippen molar-refractivity contribution in [1.82, 2.24) is 0 Å². The maximum atomic E-state index is 10.9. The van der Waals surface area contributed by atoms with Crippen LogP contribution in [0.1, 0.15) is 6.92 Å². The molecule has 17 heavy (non-hydrogen) atoms. The molecule has 0 radical (unpaired) electrons. The van der Waals surface area contributed by atoms with Gasteiger partial charge in [0.25, 0.3) is 0 Å². The molecule has 0 spiro atoms. The maximum absolute atomic E-state index is 10.9. The molecule has 0 aromatic rings. The van der Waals surface area contributed by atoms with E-state index in [0.717, 1.165) is 6.92 Å². The molecule has 100 valence electrons. The molecule has 0 unspecified atom stereocenters. The lowest BCUT2D eigenvalue weighted by Crippen LogP contribution is -2.69. The summed E-state index contributed by atoms with van der Waals surface area (Å²) in [5.74, 6) is -1.43. The molecule has 0 aliphatic carbocycles. The summed E-state index contributed by atoms with van der Waals surface area (Å²) in [7, 11) is 0. The van der Waals surface area contributed by atoms with Gasteiger partial charge in [0.2, 0.25) is 0 Å². The van der Waals surface area contributed by atoms with Crippen molar-refractivity contribution in [3.05, 3.63) is 0 Å². The Morgan fingerprint density at radius 3 is 2.24 bits per heavy atom. The number of carbonyl (C=O) groups is 1. The Kier molecular flexibility index (Phi) is 4.07. The van der Waals surface area contributed by atoms with Gasteiger partial charge in [-0.1, -0.05) is 0 Å². The van der Waals surface area contributed by atoms with Crippen molar-refractivity contribution in [2.24, 2.45) is 5.73 Å². The number of hydrogen-bond donors (Lipinski definition) is 6. The summed E-state index contributed by atoms with van der Waals surface area (Å²) in [5, 5.41) is 46.4. The van der Waals surface area contributed by atoms with Crippen LogP contribution in [-0.4, -0.2) is 74.2 Å². The number of aliphatic hydroxyl groups is 4. The first-order valence-corrected chi connectivity index (χ1v) is 5.06. The summed E-state index contributed by atoms with van der Waals surface area (Å²) in [6.07, 6.45) is -7.42. The smallest absolute Gasteiger partial charge is 0.326 e. The summed E-state index contributed by atoms with van der Waals surface area (Å²) in [6.45, 7) is 0.485. The lowest BCUT2D eigenvalue weighted by molar-refractivity contribution is -0.243. The molecule has 0 bridgehead atoms. The van der Waals surface area contributed by atoms with Crippen LogP contribution in [0.4, 0.5) is 0 Å². The standard InChI is InChI=1S/C9H17NO7/c1-9(10,8(15)16)7-6(14)5(13)4(12)3(2-11)17-7/h3-7,11-14H,2,10H2,1H3,(H,15,16)/t3-,4-,5-,6-,7-,9+/m1/s1. The van der Waals surface area contributed by atoms with Crippen LogP contribution in [0.25, 0.3) is 0 Å². The van der Waals surface area contributed by atoms with Gasteiger partial charge in [-0.2, -0.15) is 0 Å². The average Bonchev–Trinajstić information content (AvgIpc) is 2.26. The summed E-state index contributed by atoms with van der Waals surface area (Å²) in [4.78, 5) is 10.9. The van der Waals surface area contributed by atoms with E-state index in [0.29, 0.717) is 0 Å².